The Morgan fingerprint density at radius 3 is 2.50 bits per heavy atom. The molecule has 178 valence electrons. The fourth-order valence-electron chi connectivity index (χ4n) is 3.82. The number of rotatable bonds is 8. The summed E-state index contributed by atoms with van der Waals surface area (Å²) in [6.45, 7) is 4.26. The number of aromatic nitrogens is 4. The van der Waals surface area contributed by atoms with Crippen LogP contribution in [-0.2, 0) is 20.1 Å². The molecule has 4 rings (SSSR count). The molecule has 0 aliphatic heterocycles. The highest BCUT2D eigenvalue weighted by molar-refractivity contribution is 5.72. The van der Waals surface area contributed by atoms with E-state index in [-0.39, 0.29) is 49.1 Å². The van der Waals surface area contributed by atoms with Crippen LogP contribution < -0.4 is 16.0 Å². The van der Waals surface area contributed by atoms with Crippen LogP contribution in [0.3, 0.4) is 0 Å². The maximum Gasteiger partial charge on any atom is 0.332 e. The number of halogens is 1. The minimum absolute atomic E-state index is 0.0757. The van der Waals surface area contributed by atoms with Crippen LogP contribution in [-0.4, -0.2) is 30.4 Å². The first-order valence-electron chi connectivity index (χ1n) is 11.1. The van der Waals surface area contributed by atoms with Crippen molar-refractivity contribution in [3.8, 4) is 11.8 Å². The van der Waals surface area contributed by atoms with E-state index >= 15 is 0 Å². The summed E-state index contributed by atoms with van der Waals surface area (Å²) in [5, 5.41) is 9.20. The Bertz CT molecular complexity index is 1430. The van der Waals surface area contributed by atoms with E-state index in [1.807, 2.05) is 18.2 Å². The highest BCUT2D eigenvalue weighted by Gasteiger charge is 2.22. The molecule has 8 nitrogen and oxygen atoms in total. The highest BCUT2D eigenvalue weighted by atomic mass is 19.1. The van der Waals surface area contributed by atoms with Gasteiger partial charge in [-0.15, -0.1) is 0 Å². The van der Waals surface area contributed by atoms with Crippen LogP contribution in [0.4, 0.5) is 4.39 Å². The van der Waals surface area contributed by atoms with Gasteiger partial charge in [0, 0.05) is 20.2 Å². The highest BCUT2D eigenvalue weighted by Crippen LogP contribution is 2.27. The van der Waals surface area contributed by atoms with Gasteiger partial charge in [-0.2, -0.15) is 4.98 Å². The van der Waals surface area contributed by atoms with Gasteiger partial charge < -0.3 is 9.84 Å². The van der Waals surface area contributed by atoms with Crippen LogP contribution in [0.5, 0.6) is 11.8 Å². The van der Waals surface area contributed by atoms with Gasteiger partial charge in [0.05, 0.1) is 6.54 Å². The Morgan fingerprint density at radius 1 is 1.09 bits per heavy atom. The lowest BCUT2D eigenvalue weighted by Crippen LogP contribution is -2.39. The molecule has 0 radical (unpaired) electrons. The third kappa shape index (κ3) is 4.51. The number of aliphatic hydroxyl groups is 1. The molecule has 0 unspecified atom stereocenters. The molecule has 0 saturated carbocycles. The summed E-state index contributed by atoms with van der Waals surface area (Å²) in [5.41, 5.74) is 1.15. The van der Waals surface area contributed by atoms with Crippen molar-refractivity contribution >= 4 is 11.2 Å². The van der Waals surface area contributed by atoms with E-state index in [1.54, 1.807) is 22.8 Å². The summed E-state index contributed by atoms with van der Waals surface area (Å²) < 4.78 is 23.6. The third-order valence-electron chi connectivity index (χ3n) is 5.73. The molecule has 1 N–H and O–H groups in total. The average molecular weight is 467 g/mol. The van der Waals surface area contributed by atoms with Crippen molar-refractivity contribution < 1.29 is 14.2 Å². The van der Waals surface area contributed by atoms with Crippen LogP contribution >= 0.6 is 0 Å². The predicted molar refractivity (Wildman–Crippen MR) is 127 cm³/mol. The standard InChI is InChI=1S/C25H27FN4O4/c1-16(2)18-6-4-7-20(14-18)34-24-27-22-21(30(24)15-17-8-10-19(26)11-9-17)23(32)29(12-5-13-31)25(33)28(22)3/h4,6-11,14,16,31H,5,12-13,15H2,1-3H3. The monoisotopic (exact) mass is 466 g/mol. The number of hydrogen-bond donors (Lipinski definition) is 1. The molecule has 4 aromatic rings. The zero-order valence-electron chi connectivity index (χ0n) is 19.4. The Hall–Kier alpha value is -3.72. The van der Waals surface area contributed by atoms with Crippen molar-refractivity contribution in [1.82, 2.24) is 18.7 Å². The number of fused-ring (bicyclic) bond motifs is 1. The lowest BCUT2D eigenvalue weighted by molar-refractivity contribution is 0.277. The number of imidazole rings is 1. The zero-order chi connectivity index (χ0) is 24.4. The van der Waals surface area contributed by atoms with Crippen LogP contribution in [0.25, 0.3) is 11.2 Å². The molecule has 34 heavy (non-hydrogen) atoms. The Labute approximate surface area is 195 Å². The number of hydrogen-bond acceptors (Lipinski definition) is 5. The van der Waals surface area contributed by atoms with Crippen molar-refractivity contribution in [1.29, 1.82) is 0 Å². The average Bonchev–Trinajstić information content (AvgIpc) is 3.17. The quantitative estimate of drug-likeness (QED) is 0.430. The van der Waals surface area contributed by atoms with E-state index in [1.165, 1.54) is 23.7 Å². The van der Waals surface area contributed by atoms with Crippen molar-refractivity contribution in [2.24, 2.45) is 7.05 Å². The maximum absolute atomic E-state index is 13.5. The van der Waals surface area contributed by atoms with Crippen LogP contribution in [0.15, 0.2) is 58.1 Å². The number of nitrogens with zero attached hydrogens (tertiary/aromatic N) is 4. The van der Waals surface area contributed by atoms with Gasteiger partial charge in [-0.25, -0.2) is 9.18 Å². The molecule has 0 bridgehead atoms. The summed E-state index contributed by atoms with van der Waals surface area (Å²) in [4.78, 5) is 30.7. The van der Waals surface area contributed by atoms with Gasteiger partial charge in [-0.3, -0.25) is 18.5 Å². The summed E-state index contributed by atoms with van der Waals surface area (Å²) >= 11 is 0. The van der Waals surface area contributed by atoms with Crippen molar-refractivity contribution in [2.45, 2.75) is 39.3 Å². The fraction of sp³-hybridized carbons (Fsp3) is 0.320. The molecule has 2 aromatic heterocycles. The van der Waals surface area contributed by atoms with Crippen molar-refractivity contribution in [3.05, 3.63) is 86.3 Å². The second-order valence-electron chi connectivity index (χ2n) is 8.48. The molecule has 0 aliphatic carbocycles. The molecule has 0 fully saturated rings. The molecule has 0 saturated heterocycles. The minimum atomic E-state index is -0.522. The van der Waals surface area contributed by atoms with Gasteiger partial charge in [-0.1, -0.05) is 38.1 Å². The Balaban J connectivity index is 1.91. The first kappa shape index (κ1) is 23.4. The summed E-state index contributed by atoms with van der Waals surface area (Å²) in [6, 6.07) is 13.7. The molecule has 2 aromatic carbocycles. The smallest absolute Gasteiger partial charge is 0.332 e. The van der Waals surface area contributed by atoms with Crippen molar-refractivity contribution in [3.63, 3.8) is 0 Å². The molecule has 0 amide bonds. The fourth-order valence-corrected chi connectivity index (χ4v) is 3.82. The van der Waals surface area contributed by atoms with E-state index in [0.717, 1.165) is 15.7 Å². The summed E-state index contributed by atoms with van der Waals surface area (Å²) in [6.07, 6.45) is 0.262. The van der Waals surface area contributed by atoms with E-state index in [0.29, 0.717) is 11.7 Å². The van der Waals surface area contributed by atoms with Gasteiger partial charge in [0.1, 0.15) is 11.6 Å². The Kier molecular flexibility index (Phi) is 6.65. The van der Waals surface area contributed by atoms with Gasteiger partial charge in [-0.05, 0) is 47.7 Å². The topological polar surface area (TPSA) is 91.3 Å². The van der Waals surface area contributed by atoms with Crippen LogP contribution in [0.2, 0.25) is 0 Å². The number of aryl methyl sites for hydroxylation is 1. The van der Waals surface area contributed by atoms with Crippen LogP contribution in [0, 0.1) is 5.82 Å². The lowest BCUT2D eigenvalue weighted by atomic mass is 10.0. The van der Waals surface area contributed by atoms with Crippen molar-refractivity contribution in [2.75, 3.05) is 6.61 Å². The normalized spacial score (nSPS) is 11.5. The second-order valence-corrected chi connectivity index (χ2v) is 8.48. The van der Waals surface area contributed by atoms with Crippen LogP contribution in [0.1, 0.15) is 37.3 Å². The molecule has 0 aliphatic rings. The van der Waals surface area contributed by atoms with Gasteiger partial charge in [0.2, 0.25) is 0 Å². The predicted octanol–water partition coefficient (Wildman–Crippen LogP) is 3.38. The van der Waals surface area contributed by atoms with Gasteiger partial charge in [0.25, 0.3) is 5.56 Å². The number of ether oxygens (including phenoxy) is 1. The SMILES string of the molecule is CC(C)c1cccc(Oc2nc3c(c(=O)n(CCCO)c(=O)n3C)n2Cc2ccc(F)cc2)c1. The summed E-state index contributed by atoms with van der Waals surface area (Å²) in [5.74, 6) is 0.476. The van der Waals surface area contributed by atoms with Gasteiger partial charge >= 0.3 is 11.7 Å². The van der Waals surface area contributed by atoms with E-state index in [4.69, 9.17) is 4.74 Å². The lowest BCUT2D eigenvalue weighted by Gasteiger charge is -2.12. The van der Waals surface area contributed by atoms with E-state index in [9.17, 15) is 19.1 Å². The minimum Gasteiger partial charge on any atom is -0.425 e. The molecular formula is C25H27FN4O4. The first-order valence-corrected chi connectivity index (χ1v) is 11.1. The molecule has 0 spiro atoms. The molecule has 0 atom stereocenters. The molecule has 9 heteroatoms. The Morgan fingerprint density at radius 2 is 1.82 bits per heavy atom. The molecule has 2 heterocycles. The maximum atomic E-state index is 13.5. The number of benzene rings is 2. The zero-order valence-corrected chi connectivity index (χ0v) is 19.4. The van der Waals surface area contributed by atoms with Gasteiger partial charge in [0.15, 0.2) is 11.2 Å². The molecular weight excluding hydrogens is 439 g/mol. The largest absolute Gasteiger partial charge is 0.425 e. The third-order valence-corrected chi connectivity index (χ3v) is 5.73. The van der Waals surface area contributed by atoms with E-state index in [2.05, 4.69) is 18.8 Å². The van der Waals surface area contributed by atoms with E-state index < -0.39 is 11.2 Å². The summed E-state index contributed by atoms with van der Waals surface area (Å²) in [7, 11) is 1.54. The number of aliphatic hydroxyl groups excluding tert-OH is 1. The second kappa shape index (κ2) is 9.64. The first-order chi connectivity index (χ1) is 16.3.